The van der Waals surface area contributed by atoms with Gasteiger partial charge in [0, 0.05) is 0 Å². The zero-order valence-electron chi connectivity index (χ0n) is 50.7. The molecular formula is C80H50N8Te8. The van der Waals surface area contributed by atoms with Crippen LogP contribution in [0.25, 0.3) is 89.7 Å². The predicted octanol–water partition coefficient (Wildman–Crippen LogP) is 4.11. The van der Waals surface area contributed by atoms with Crippen molar-refractivity contribution in [1.29, 1.82) is 0 Å². The Labute approximate surface area is 636 Å². The van der Waals surface area contributed by atoms with Crippen molar-refractivity contribution in [2.24, 2.45) is 0 Å². The van der Waals surface area contributed by atoms with E-state index in [0.717, 1.165) is 66.4 Å². The minimum atomic E-state index is -0.979. The second kappa shape index (κ2) is 29.3. The molecule has 16 heteroatoms. The van der Waals surface area contributed by atoms with Crippen LogP contribution in [0.3, 0.4) is 0 Å². The first-order valence-electron chi connectivity index (χ1n) is 30.9. The van der Waals surface area contributed by atoms with Crippen LogP contribution in [0.4, 0.5) is 0 Å². The molecule has 0 radical (unpaired) electrons. The molecule has 0 spiro atoms. The number of rotatable bonds is 16. The standard InChI is InChI=1S/C80H50N8Te8/c1-9-25-49(26-10-1)89-57-41-42-58(90-50-27-11-2-12-28-50)66-65(57)73-81-74(66)86-76-69-61(93-53-33-17-5-18-34-53)45-46-62(94-54-35-19-6-20-36-54)70(69)78(83-76)88-80-72-64(96-56-39-23-8-24-40-56)48-47-63(95-55-37-21-7-22-38-55)71(72)79(84-80)87-77-68-60(92-52-31-15-4-16-32-52)44-43-59(67(68)75(82-77)85-73)91-51-29-13-3-14-30-51/h1-48H,(H2,81,82,83,84,85,86,87,88). The second-order valence-corrected chi connectivity index (χ2v) is 47.6. The van der Waals surface area contributed by atoms with E-state index < -0.39 is 167 Å². The Kier molecular flexibility index (Phi) is 19.4. The van der Waals surface area contributed by atoms with Crippen LogP contribution in [0.15, 0.2) is 291 Å². The number of nitrogens with zero attached hydrogens (tertiary/aromatic N) is 6. The van der Waals surface area contributed by atoms with Crippen LogP contribution in [0.5, 0.6) is 0 Å². The number of aromatic nitrogens is 8. The monoisotopic (exact) mass is 2160 g/mol. The second-order valence-electron chi connectivity index (χ2n) is 22.2. The van der Waals surface area contributed by atoms with Gasteiger partial charge in [0.2, 0.25) is 0 Å². The van der Waals surface area contributed by atoms with Gasteiger partial charge in [0.25, 0.3) is 0 Å². The van der Waals surface area contributed by atoms with Crippen molar-refractivity contribution < 1.29 is 0 Å². The first kappa shape index (κ1) is 63.7. The molecule has 0 aliphatic carbocycles. The van der Waals surface area contributed by atoms with E-state index in [1.165, 1.54) is 57.8 Å². The van der Waals surface area contributed by atoms with Gasteiger partial charge in [0.15, 0.2) is 0 Å². The van der Waals surface area contributed by atoms with Gasteiger partial charge in [-0.3, -0.25) is 0 Å². The van der Waals surface area contributed by atoms with Crippen molar-refractivity contribution in [2.45, 2.75) is 0 Å². The Balaban J connectivity index is 1.06. The summed E-state index contributed by atoms with van der Waals surface area (Å²) in [5.74, 6) is 2.73. The number of hydrogen-bond donors (Lipinski definition) is 2. The third-order valence-corrected chi connectivity index (χ3v) is 40.3. The number of H-pyrrole nitrogens is 2. The van der Waals surface area contributed by atoms with Gasteiger partial charge >= 0.3 is 646 Å². The van der Waals surface area contributed by atoms with Crippen LogP contribution < -0.4 is 57.8 Å². The van der Waals surface area contributed by atoms with Crippen molar-refractivity contribution in [3.63, 3.8) is 0 Å². The van der Waals surface area contributed by atoms with Gasteiger partial charge in [0.1, 0.15) is 0 Å². The average Bonchev–Trinajstić information content (AvgIpc) is 1.58. The first-order chi connectivity index (χ1) is 47.5. The molecule has 17 rings (SSSR count). The van der Waals surface area contributed by atoms with Gasteiger partial charge in [-0.2, -0.15) is 0 Å². The van der Waals surface area contributed by atoms with Crippen LogP contribution in [-0.2, 0) is 0 Å². The SMILES string of the molecule is c1ccc([Te]c2ccc([Te]c3ccccc3)c3c2-c2nc-3nc3[nH]c(nc4nc(nc5[nH]c(n2)c2c([Te]c6ccccc6)ccc([Te]c6ccccc6)c52)-c2c([Te]c5ccccc5)ccc([Te]c5ccccc5)c2-4)c2c([Te]c4ccccc4)ccc([Te]c4ccccc4)c32)cc1. The summed E-state index contributed by atoms with van der Waals surface area (Å²) < 4.78 is 21.2. The zero-order chi connectivity index (χ0) is 63.7. The molecule has 0 atom stereocenters. The molecule has 0 amide bonds. The molecule has 8 bridgehead atoms. The van der Waals surface area contributed by atoms with Crippen LogP contribution in [0.1, 0.15) is 0 Å². The summed E-state index contributed by atoms with van der Waals surface area (Å²) in [5.41, 5.74) is 7.44. The maximum atomic E-state index is 6.08. The summed E-state index contributed by atoms with van der Waals surface area (Å²) in [6.07, 6.45) is 0. The third kappa shape index (κ3) is 13.6. The number of aromatic amines is 2. The van der Waals surface area contributed by atoms with E-state index in [4.69, 9.17) is 29.9 Å². The molecule has 2 aliphatic heterocycles. The summed E-state index contributed by atoms with van der Waals surface area (Å²) in [5, 5.41) is 4.47. The van der Waals surface area contributed by atoms with Crippen LogP contribution in [0, 0.1) is 0 Å². The van der Waals surface area contributed by atoms with Crippen molar-refractivity contribution in [3.05, 3.63) is 291 Å². The minimum absolute atomic E-state index is 0.682. The molecule has 5 heterocycles. The summed E-state index contributed by atoms with van der Waals surface area (Å²) in [4.78, 5) is 44.3. The molecule has 0 fully saturated rings. The van der Waals surface area contributed by atoms with Crippen LogP contribution >= 0.6 is 0 Å². The normalized spacial score (nSPS) is 11.7. The first-order valence-corrected chi connectivity index (χ1v) is 49.5. The fraction of sp³-hybridized carbons (Fsp3) is 0. The fourth-order valence-electron chi connectivity index (χ4n) is 11.7. The Bertz CT molecular complexity index is 4900. The van der Waals surface area contributed by atoms with E-state index in [-0.39, 0.29) is 0 Å². The molecule has 3 aromatic heterocycles. The van der Waals surface area contributed by atoms with Crippen molar-refractivity contribution in [2.75, 3.05) is 0 Å². The molecule has 0 saturated heterocycles. The maximum absolute atomic E-state index is 6.08. The van der Waals surface area contributed by atoms with E-state index >= 15 is 0 Å². The third-order valence-electron chi connectivity index (χ3n) is 15.9. The van der Waals surface area contributed by atoms with Gasteiger partial charge in [0.05, 0.1) is 0 Å². The number of nitrogens with one attached hydrogen (secondary N) is 2. The van der Waals surface area contributed by atoms with Gasteiger partial charge in [-0.1, -0.05) is 0 Å². The van der Waals surface area contributed by atoms with Gasteiger partial charge in [-0.25, -0.2) is 0 Å². The Hall–Kier alpha value is -5.68. The molecule has 96 heavy (non-hydrogen) atoms. The topological polar surface area (TPSA) is 109 Å². The average molecular weight is 2140 g/mol. The van der Waals surface area contributed by atoms with Crippen LogP contribution in [-0.4, -0.2) is 207 Å². The summed E-state index contributed by atoms with van der Waals surface area (Å²) in [7, 11) is 0. The van der Waals surface area contributed by atoms with Crippen molar-refractivity contribution in [1.82, 2.24) is 39.9 Å². The van der Waals surface area contributed by atoms with E-state index in [9.17, 15) is 0 Å². The molecule has 12 aromatic carbocycles. The summed E-state index contributed by atoms with van der Waals surface area (Å²) in [6.45, 7) is 0. The Morgan fingerprint density at radius 2 is 0.323 bits per heavy atom. The molecule has 15 aromatic rings. The summed E-state index contributed by atoms with van der Waals surface area (Å²) >= 11 is -7.80. The number of fused-ring (bicyclic) bond motifs is 20. The molecule has 0 unspecified atom stereocenters. The molecule has 8 nitrogen and oxygen atoms in total. The van der Waals surface area contributed by atoms with E-state index in [1.807, 2.05) is 0 Å². The van der Waals surface area contributed by atoms with Crippen LogP contribution in [0.2, 0.25) is 0 Å². The molecule has 2 N–H and O–H groups in total. The molecular weight excluding hydrogens is 2090 g/mol. The molecule has 2 aliphatic rings. The predicted molar refractivity (Wildman–Crippen MR) is 408 cm³/mol. The molecule has 0 saturated carbocycles. The van der Waals surface area contributed by atoms with Gasteiger partial charge < -0.3 is 0 Å². The van der Waals surface area contributed by atoms with E-state index in [2.05, 4.69) is 301 Å². The van der Waals surface area contributed by atoms with Gasteiger partial charge in [-0.05, 0) is 0 Å². The van der Waals surface area contributed by atoms with Gasteiger partial charge in [-0.15, -0.1) is 0 Å². The summed E-state index contributed by atoms with van der Waals surface area (Å²) in [6, 6.07) is 108. The zero-order valence-corrected chi connectivity index (χ0v) is 69.3. The van der Waals surface area contributed by atoms with E-state index in [1.54, 1.807) is 0 Å². The fourth-order valence-corrected chi connectivity index (χ4v) is 34.1. The Morgan fingerprint density at radius 3 is 0.500 bits per heavy atom. The van der Waals surface area contributed by atoms with Crippen molar-refractivity contribution >= 4 is 269 Å². The quantitative estimate of drug-likeness (QED) is 0.141. The Morgan fingerprint density at radius 1 is 0.167 bits per heavy atom. The van der Waals surface area contributed by atoms with E-state index in [0.29, 0.717) is 23.3 Å². The van der Waals surface area contributed by atoms with Crippen molar-refractivity contribution in [3.8, 4) is 45.6 Å². The number of hydrogen-bond acceptors (Lipinski definition) is 6. The molecule has 458 valence electrons. The number of benzene rings is 12.